The topological polar surface area (TPSA) is 38.8 Å². The van der Waals surface area contributed by atoms with Gasteiger partial charge in [-0.2, -0.15) is 0 Å². The Balaban J connectivity index is 1.46. The standard InChI is InChI=1S/C24H31NO3/c1-27-23-15-21(22(18-26)16-24(23)28-2)10-6-9-19-11-13-25(14-12-19)17-20-7-4-3-5-8-20/h3-5,7-8,15-16,18-19H,6,9-14,17H2,1-2H3. The first kappa shape index (κ1) is 20.4. The SMILES string of the molecule is COc1cc(C=O)c(CCCC2CCN(Cc3ccccc3)CC2)cc1OC. The average molecular weight is 382 g/mol. The second-order valence-electron chi connectivity index (χ2n) is 7.62. The Morgan fingerprint density at radius 2 is 1.71 bits per heavy atom. The number of nitrogens with zero attached hydrogens (tertiary/aromatic N) is 1. The Labute approximate surface area is 168 Å². The van der Waals surface area contributed by atoms with Crippen LogP contribution in [0.15, 0.2) is 42.5 Å². The molecule has 1 aliphatic heterocycles. The molecule has 0 unspecified atom stereocenters. The summed E-state index contributed by atoms with van der Waals surface area (Å²) in [5.41, 5.74) is 3.15. The minimum absolute atomic E-state index is 0.610. The molecule has 150 valence electrons. The van der Waals surface area contributed by atoms with Crippen LogP contribution in [0.3, 0.4) is 0 Å². The van der Waals surface area contributed by atoms with Crippen molar-refractivity contribution < 1.29 is 14.3 Å². The van der Waals surface area contributed by atoms with Gasteiger partial charge in [-0.25, -0.2) is 0 Å². The van der Waals surface area contributed by atoms with Gasteiger partial charge in [-0.15, -0.1) is 0 Å². The van der Waals surface area contributed by atoms with Crippen LogP contribution in [0, 0.1) is 5.92 Å². The fourth-order valence-corrected chi connectivity index (χ4v) is 4.12. The maximum atomic E-state index is 11.4. The average Bonchev–Trinajstić information content (AvgIpc) is 2.75. The van der Waals surface area contributed by atoms with E-state index in [0.717, 1.165) is 37.2 Å². The van der Waals surface area contributed by atoms with Gasteiger partial charge in [0.25, 0.3) is 0 Å². The number of likely N-dealkylation sites (tertiary alicyclic amines) is 1. The number of aldehydes is 1. The number of benzene rings is 2. The van der Waals surface area contributed by atoms with Crippen LogP contribution in [0.1, 0.15) is 47.2 Å². The fraction of sp³-hybridized carbons (Fsp3) is 0.458. The molecule has 1 aliphatic rings. The van der Waals surface area contributed by atoms with Crippen molar-refractivity contribution in [2.75, 3.05) is 27.3 Å². The number of carbonyl (C=O) groups is 1. The lowest BCUT2D eigenvalue weighted by atomic mass is 9.90. The molecule has 0 spiro atoms. The predicted molar refractivity (Wildman–Crippen MR) is 112 cm³/mol. The molecule has 28 heavy (non-hydrogen) atoms. The van der Waals surface area contributed by atoms with Gasteiger partial charge in [-0.1, -0.05) is 36.8 Å². The van der Waals surface area contributed by atoms with Crippen molar-refractivity contribution in [3.8, 4) is 11.5 Å². The van der Waals surface area contributed by atoms with Gasteiger partial charge in [-0.05, 0) is 68.0 Å². The van der Waals surface area contributed by atoms with E-state index < -0.39 is 0 Å². The van der Waals surface area contributed by atoms with Crippen molar-refractivity contribution in [1.82, 2.24) is 4.90 Å². The van der Waals surface area contributed by atoms with Gasteiger partial charge in [0.05, 0.1) is 14.2 Å². The summed E-state index contributed by atoms with van der Waals surface area (Å²) >= 11 is 0. The zero-order valence-electron chi connectivity index (χ0n) is 17.0. The summed E-state index contributed by atoms with van der Waals surface area (Å²) < 4.78 is 10.7. The molecule has 1 fully saturated rings. The number of hydrogen-bond donors (Lipinski definition) is 0. The lowest BCUT2D eigenvalue weighted by Gasteiger charge is -2.32. The van der Waals surface area contributed by atoms with Crippen molar-refractivity contribution in [3.63, 3.8) is 0 Å². The molecule has 0 bridgehead atoms. The Morgan fingerprint density at radius 3 is 2.36 bits per heavy atom. The number of hydrogen-bond acceptors (Lipinski definition) is 4. The monoisotopic (exact) mass is 381 g/mol. The number of methoxy groups -OCH3 is 2. The van der Waals surface area contributed by atoms with E-state index in [0.29, 0.717) is 17.1 Å². The molecule has 0 saturated carbocycles. The highest BCUT2D eigenvalue weighted by molar-refractivity contribution is 5.79. The zero-order valence-corrected chi connectivity index (χ0v) is 17.0. The van der Waals surface area contributed by atoms with Gasteiger partial charge in [0.15, 0.2) is 11.5 Å². The summed E-state index contributed by atoms with van der Waals surface area (Å²) in [4.78, 5) is 14.0. The summed E-state index contributed by atoms with van der Waals surface area (Å²) in [6.45, 7) is 3.41. The molecule has 0 amide bonds. The Morgan fingerprint density at radius 1 is 1.04 bits per heavy atom. The van der Waals surface area contributed by atoms with Gasteiger partial charge >= 0.3 is 0 Å². The smallest absolute Gasteiger partial charge is 0.161 e. The lowest BCUT2D eigenvalue weighted by molar-refractivity contribution is 0.112. The molecule has 1 saturated heterocycles. The largest absolute Gasteiger partial charge is 0.493 e. The second-order valence-corrected chi connectivity index (χ2v) is 7.62. The maximum absolute atomic E-state index is 11.4. The molecule has 0 aliphatic carbocycles. The Kier molecular flexibility index (Phi) is 7.49. The summed E-state index contributed by atoms with van der Waals surface area (Å²) in [6.07, 6.45) is 6.65. The van der Waals surface area contributed by atoms with Crippen molar-refractivity contribution in [2.45, 2.75) is 38.6 Å². The van der Waals surface area contributed by atoms with E-state index in [1.165, 1.54) is 37.9 Å². The van der Waals surface area contributed by atoms with Crippen LogP contribution in [0.5, 0.6) is 11.5 Å². The van der Waals surface area contributed by atoms with E-state index in [9.17, 15) is 4.79 Å². The Bertz CT molecular complexity index is 752. The minimum Gasteiger partial charge on any atom is -0.493 e. The van der Waals surface area contributed by atoms with Crippen LogP contribution in [0.25, 0.3) is 0 Å². The molecular formula is C24H31NO3. The molecule has 4 heteroatoms. The molecule has 0 N–H and O–H groups in total. The predicted octanol–water partition coefficient (Wildman–Crippen LogP) is 4.75. The molecular weight excluding hydrogens is 350 g/mol. The number of rotatable bonds is 9. The lowest BCUT2D eigenvalue weighted by Crippen LogP contribution is -2.33. The molecule has 0 aromatic heterocycles. The number of ether oxygens (including phenoxy) is 2. The van der Waals surface area contributed by atoms with Gasteiger partial charge < -0.3 is 9.47 Å². The number of piperidine rings is 1. The highest BCUT2D eigenvalue weighted by Crippen LogP contribution is 2.31. The normalized spacial score (nSPS) is 15.4. The van der Waals surface area contributed by atoms with Crippen LogP contribution >= 0.6 is 0 Å². The van der Waals surface area contributed by atoms with Gasteiger partial charge in [0.1, 0.15) is 6.29 Å². The molecule has 4 nitrogen and oxygen atoms in total. The van der Waals surface area contributed by atoms with E-state index in [4.69, 9.17) is 9.47 Å². The maximum Gasteiger partial charge on any atom is 0.161 e. The third-order valence-electron chi connectivity index (χ3n) is 5.79. The highest BCUT2D eigenvalue weighted by Gasteiger charge is 2.19. The van der Waals surface area contributed by atoms with E-state index >= 15 is 0 Å². The summed E-state index contributed by atoms with van der Waals surface area (Å²) in [6, 6.07) is 14.5. The quantitative estimate of drug-likeness (QED) is 0.588. The molecule has 0 atom stereocenters. The third kappa shape index (κ3) is 5.35. The fourth-order valence-electron chi connectivity index (χ4n) is 4.12. The summed E-state index contributed by atoms with van der Waals surface area (Å²) in [5, 5.41) is 0. The van der Waals surface area contributed by atoms with Crippen LogP contribution in [0.4, 0.5) is 0 Å². The zero-order chi connectivity index (χ0) is 19.8. The Hall–Kier alpha value is -2.33. The van der Waals surface area contributed by atoms with Crippen molar-refractivity contribution in [3.05, 3.63) is 59.2 Å². The molecule has 2 aromatic rings. The number of carbonyl (C=O) groups excluding carboxylic acids is 1. The van der Waals surface area contributed by atoms with Gasteiger partial charge in [0.2, 0.25) is 0 Å². The molecule has 1 heterocycles. The molecule has 0 radical (unpaired) electrons. The molecule has 3 rings (SSSR count). The van der Waals surface area contributed by atoms with Crippen molar-refractivity contribution in [2.24, 2.45) is 5.92 Å². The van der Waals surface area contributed by atoms with E-state index in [1.54, 1.807) is 20.3 Å². The van der Waals surface area contributed by atoms with Crippen LogP contribution < -0.4 is 9.47 Å². The van der Waals surface area contributed by atoms with E-state index in [2.05, 4.69) is 35.2 Å². The van der Waals surface area contributed by atoms with Crippen LogP contribution in [0.2, 0.25) is 0 Å². The third-order valence-corrected chi connectivity index (χ3v) is 5.79. The minimum atomic E-state index is 0.610. The van der Waals surface area contributed by atoms with Gasteiger partial charge in [-0.3, -0.25) is 9.69 Å². The first-order valence-corrected chi connectivity index (χ1v) is 10.2. The van der Waals surface area contributed by atoms with Crippen molar-refractivity contribution >= 4 is 6.29 Å². The summed E-state index contributed by atoms with van der Waals surface area (Å²) in [7, 11) is 3.22. The second kappa shape index (κ2) is 10.3. The van der Waals surface area contributed by atoms with Gasteiger partial charge in [0, 0.05) is 12.1 Å². The first-order chi connectivity index (χ1) is 13.7. The first-order valence-electron chi connectivity index (χ1n) is 10.2. The van der Waals surface area contributed by atoms with E-state index in [-0.39, 0.29) is 0 Å². The van der Waals surface area contributed by atoms with Crippen molar-refractivity contribution in [1.29, 1.82) is 0 Å². The molecule has 2 aromatic carbocycles. The van der Waals surface area contributed by atoms with E-state index in [1.807, 2.05) is 6.07 Å². The summed E-state index contributed by atoms with van der Waals surface area (Å²) in [5.74, 6) is 2.09. The highest BCUT2D eigenvalue weighted by atomic mass is 16.5. The van der Waals surface area contributed by atoms with Crippen LogP contribution in [-0.2, 0) is 13.0 Å². The number of aryl methyl sites for hydroxylation is 1. The van der Waals surface area contributed by atoms with Crippen LogP contribution in [-0.4, -0.2) is 38.5 Å².